The monoisotopic (exact) mass is 311 g/mol. The number of amides is 1. The van der Waals surface area contributed by atoms with Crippen LogP contribution in [0.1, 0.15) is 11.1 Å². The van der Waals surface area contributed by atoms with Crippen LogP contribution in [-0.4, -0.2) is 43.0 Å². The van der Waals surface area contributed by atoms with Gasteiger partial charge in [-0.15, -0.1) is 0 Å². The number of nitrogens with zero attached hydrogens (tertiary/aromatic N) is 3. The maximum Gasteiger partial charge on any atom is 0.227 e. The zero-order valence-corrected chi connectivity index (χ0v) is 13.5. The van der Waals surface area contributed by atoms with Crippen LogP contribution in [0.25, 0.3) is 0 Å². The lowest BCUT2D eigenvalue weighted by atomic mass is 10.1. The molecule has 0 spiro atoms. The van der Waals surface area contributed by atoms with Crippen molar-refractivity contribution in [2.75, 3.05) is 32.1 Å². The van der Waals surface area contributed by atoms with Gasteiger partial charge in [-0.1, -0.05) is 6.07 Å². The summed E-state index contributed by atoms with van der Waals surface area (Å²) in [6.07, 6.45) is 3.83. The predicted octanol–water partition coefficient (Wildman–Crippen LogP) is 2.11. The number of carbonyl (C=O) groups excluding carboxylic acids is 1. The van der Waals surface area contributed by atoms with Gasteiger partial charge in [-0.05, 0) is 29.8 Å². The van der Waals surface area contributed by atoms with Crippen molar-refractivity contribution in [3.8, 4) is 5.75 Å². The first-order chi connectivity index (χ1) is 11.1. The molecule has 1 aliphatic rings. The number of hydrogen-bond donors (Lipinski definition) is 0. The van der Waals surface area contributed by atoms with Crippen molar-refractivity contribution in [1.29, 1.82) is 0 Å². The van der Waals surface area contributed by atoms with Crippen LogP contribution in [0, 0.1) is 0 Å². The van der Waals surface area contributed by atoms with E-state index in [9.17, 15) is 4.79 Å². The molecule has 1 aromatic carbocycles. The maximum atomic E-state index is 12.6. The minimum Gasteiger partial charge on any atom is -0.491 e. The molecule has 2 heterocycles. The van der Waals surface area contributed by atoms with Gasteiger partial charge in [-0.3, -0.25) is 9.78 Å². The lowest BCUT2D eigenvalue weighted by Crippen LogP contribution is -2.33. The van der Waals surface area contributed by atoms with Crippen molar-refractivity contribution in [3.63, 3.8) is 0 Å². The van der Waals surface area contributed by atoms with E-state index >= 15 is 0 Å². The Morgan fingerprint density at radius 1 is 1.35 bits per heavy atom. The summed E-state index contributed by atoms with van der Waals surface area (Å²) in [5.41, 5.74) is 3.09. The molecule has 0 saturated carbocycles. The van der Waals surface area contributed by atoms with E-state index in [4.69, 9.17) is 4.74 Å². The molecular formula is C18H21N3O2. The Morgan fingerprint density at radius 2 is 2.22 bits per heavy atom. The largest absolute Gasteiger partial charge is 0.491 e. The van der Waals surface area contributed by atoms with Crippen molar-refractivity contribution in [2.24, 2.45) is 0 Å². The molecule has 1 amide bonds. The summed E-state index contributed by atoms with van der Waals surface area (Å²) < 4.78 is 5.79. The number of rotatable bonds is 3. The van der Waals surface area contributed by atoms with Crippen LogP contribution in [0.4, 0.5) is 5.69 Å². The average molecular weight is 311 g/mol. The van der Waals surface area contributed by atoms with Gasteiger partial charge in [0.05, 0.1) is 13.0 Å². The second kappa shape index (κ2) is 6.69. The van der Waals surface area contributed by atoms with E-state index in [2.05, 4.69) is 11.1 Å². The number of pyridine rings is 1. The van der Waals surface area contributed by atoms with E-state index in [1.165, 1.54) is 0 Å². The van der Waals surface area contributed by atoms with Crippen LogP contribution < -0.4 is 9.64 Å². The van der Waals surface area contributed by atoms with E-state index in [0.29, 0.717) is 26.1 Å². The fourth-order valence-corrected chi connectivity index (χ4v) is 2.66. The number of aromatic nitrogens is 1. The zero-order valence-electron chi connectivity index (χ0n) is 13.5. The third kappa shape index (κ3) is 3.62. The minimum atomic E-state index is 0.102. The molecule has 1 aromatic heterocycles. The van der Waals surface area contributed by atoms with Crippen LogP contribution in [0.3, 0.4) is 0 Å². The molecule has 0 radical (unpaired) electrons. The van der Waals surface area contributed by atoms with E-state index in [1.807, 2.05) is 48.2 Å². The van der Waals surface area contributed by atoms with E-state index in [-0.39, 0.29) is 5.91 Å². The van der Waals surface area contributed by atoms with Gasteiger partial charge in [0, 0.05) is 44.3 Å². The summed E-state index contributed by atoms with van der Waals surface area (Å²) in [5, 5.41) is 0. The number of carbonyl (C=O) groups is 1. The number of anilines is 1. The van der Waals surface area contributed by atoms with Gasteiger partial charge < -0.3 is 14.5 Å². The summed E-state index contributed by atoms with van der Waals surface area (Å²) in [7, 11) is 4.01. The lowest BCUT2D eigenvalue weighted by molar-refractivity contribution is -0.131. The highest BCUT2D eigenvalue weighted by atomic mass is 16.5. The summed E-state index contributed by atoms with van der Waals surface area (Å²) in [5.74, 6) is 0.969. The predicted molar refractivity (Wildman–Crippen MR) is 89.6 cm³/mol. The molecule has 0 aliphatic carbocycles. The second-order valence-electron chi connectivity index (χ2n) is 5.89. The number of fused-ring (bicyclic) bond motifs is 1. The Hall–Kier alpha value is -2.56. The molecule has 0 atom stereocenters. The quantitative estimate of drug-likeness (QED) is 0.871. The van der Waals surface area contributed by atoms with Crippen molar-refractivity contribution < 1.29 is 9.53 Å². The fourth-order valence-electron chi connectivity index (χ4n) is 2.66. The SMILES string of the molecule is CN(C)c1ccc2c(c1)CN(C(=O)Cc1cccnc1)CCO2. The molecular weight excluding hydrogens is 290 g/mol. The van der Waals surface area contributed by atoms with Gasteiger partial charge in [0.1, 0.15) is 12.4 Å². The van der Waals surface area contributed by atoms with Gasteiger partial charge in [0.2, 0.25) is 5.91 Å². The lowest BCUT2D eigenvalue weighted by Gasteiger charge is -2.20. The van der Waals surface area contributed by atoms with Gasteiger partial charge in [0.25, 0.3) is 0 Å². The summed E-state index contributed by atoms with van der Waals surface area (Å²) >= 11 is 0. The molecule has 1 aliphatic heterocycles. The van der Waals surface area contributed by atoms with Crippen molar-refractivity contribution >= 4 is 11.6 Å². The van der Waals surface area contributed by atoms with Crippen molar-refractivity contribution in [2.45, 2.75) is 13.0 Å². The van der Waals surface area contributed by atoms with Crippen LogP contribution in [-0.2, 0) is 17.8 Å². The molecule has 0 fully saturated rings. The van der Waals surface area contributed by atoms with Gasteiger partial charge >= 0.3 is 0 Å². The fraction of sp³-hybridized carbons (Fsp3) is 0.333. The number of ether oxygens (including phenoxy) is 1. The van der Waals surface area contributed by atoms with Crippen LogP contribution in [0.5, 0.6) is 5.75 Å². The van der Waals surface area contributed by atoms with Crippen LogP contribution in [0.15, 0.2) is 42.7 Å². The van der Waals surface area contributed by atoms with E-state index in [1.54, 1.807) is 12.4 Å². The number of hydrogen-bond acceptors (Lipinski definition) is 4. The molecule has 0 unspecified atom stereocenters. The molecule has 23 heavy (non-hydrogen) atoms. The van der Waals surface area contributed by atoms with Gasteiger partial charge in [-0.25, -0.2) is 0 Å². The second-order valence-corrected chi connectivity index (χ2v) is 5.89. The molecule has 2 aromatic rings. The Kier molecular flexibility index (Phi) is 4.46. The minimum absolute atomic E-state index is 0.102. The highest BCUT2D eigenvalue weighted by molar-refractivity contribution is 5.79. The van der Waals surface area contributed by atoms with Gasteiger partial charge in [0.15, 0.2) is 0 Å². The zero-order chi connectivity index (χ0) is 16.2. The van der Waals surface area contributed by atoms with E-state index in [0.717, 1.165) is 22.6 Å². The average Bonchev–Trinajstić information content (AvgIpc) is 2.77. The molecule has 5 nitrogen and oxygen atoms in total. The summed E-state index contributed by atoms with van der Waals surface area (Å²) in [6, 6.07) is 9.89. The highest BCUT2D eigenvalue weighted by Crippen LogP contribution is 2.27. The Labute approximate surface area is 136 Å². The first kappa shape index (κ1) is 15.3. The molecule has 0 bridgehead atoms. The standard InChI is InChI=1S/C18H21N3O2/c1-20(2)16-5-6-17-15(11-16)13-21(8-9-23-17)18(22)10-14-4-3-7-19-12-14/h3-7,11-12H,8-10,13H2,1-2H3. The Bertz CT molecular complexity index is 686. The third-order valence-electron chi connectivity index (χ3n) is 3.97. The summed E-state index contributed by atoms with van der Waals surface area (Å²) in [6.45, 7) is 1.70. The highest BCUT2D eigenvalue weighted by Gasteiger charge is 2.20. The first-order valence-corrected chi connectivity index (χ1v) is 7.73. The Balaban J connectivity index is 1.77. The number of benzene rings is 1. The van der Waals surface area contributed by atoms with Crippen molar-refractivity contribution in [3.05, 3.63) is 53.9 Å². The molecule has 0 saturated heterocycles. The van der Waals surface area contributed by atoms with Crippen LogP contribution >= 0.6 is 0 Å². The molecule has 120 valence electrons. The Morgan fingerprint density at radius 3 is 2.96 bits per heavy atom. The topological polar surface area (TPSA) is 45.7 Å². The van der Waals surface area contributed by atoms with Gasteiger partial charge in [-0.2, -0.15) is 0 Å². The molecule has 0 N–H and O–H groups in total. The first-order valence-electron chi connectivity index (χ1n) is 7.73. The molecule has 5 heteroatoms. The normalized spacial score (nSPS) is 13.7. The smallest absolute Gasteiger partial charge is 0.227 e. The van der Waals surface area contributed by atoms with Crippen LogP contribution in [0.2, 0.25) is 0 Å². The van der Waals surface area contributed by atoms with E-state index < -0.39 is 0 Å². The van der Waals surface area contributed by atoms with Crippen molar-refractivity contribution in [1.82, 2.24) is 9.88 Å². The third-order valence-corrected chi connectivity index (χ3v) is 3.97. The molecule has 3 rings (SSSR count). The maximum absolute atomic E-state index is 12.6. The summed E-state index contributed by atoms with van der Waals surface area (Å²) in [4.78, 5) is 20.6.